The molecule has 0 radical (unpaired) electrons. The second-order valence-electron chi connectivity index (χ2n) is 4.01. The van der Waals surface area contributed by atoms with Gasteiger partial charge in [-0.05, 0) is 49.2 Å². The maximum atomic E-state index is 9.81. The third-order valence-electron chi connectivity index (χ3n) is 2.62. The molecule has 0 amide bonds. The maximum absolute atomic E-state index is 9.81. The summed E-state index contributed by atoms with van der Waals surface area (Å²) < 4.78 is 0. The summed E-state index contributed by atoms with van der Waals surface area (Å²) in [5.74, 6) is 0. The zero-order chi connectivity index (χ0) is 14.8. The first-order chi connectivity index (χ1) is 9.67. The summed E-state index contributed by atoms with van der Waals surface area (Å²) in [5.41, 5.74) is 3.70. The van der Waals surface area contributed by atoms with Gasteiger partial charge < -0.3 is 0 Å². The molecule has 0 atom stereocenters. The molecule has 100 valence electrons. The lowest BCUT2D eigenvalue weighted by molar-refractivity contribution is 0.564. The Balaban J connectivity index is 0.000000217. The van der Waals surface area contributed by atoms with Crippen molar-refractivity contribution in [1.29, 1.82) is 0 Å². The van der Waals surface area contributed by atoms with Gasteiger partial charge in [-0.1, -0.05) is 24.3 Å². The minimum Gasteiger partial charge on any atom is -0.211 e. The summed E-state index contributed by atoms with van der Waals surface area (Å²) in [6.07, 6.45) is 2.80. The number of rotatable bonds is 2. The first-order valence-electron chi connectivity index (χ1n) is 5.95. The predicted molar refractivity (Wildman–Crippen MR) is 77.9 cm³/mol. The quantitative estimate of drug-likeness (QED) is 0.611. The van der Waals surface area contributed by atoms with Crippen molar-refractivity contribution in [2.75, 3.05) is 0 Å². The Hall–Kier alpha value is -2.80. The van der Waals surface area contributed by atoms with Crippen molar-refractivity contribution in [2.45, 2.75) is 13.8 Å². The zero-order valence-corrected chi connectivity index (χ0v) is 11.3. The molecule has 0 fully saturated rings. The number of benzene rings is 2. The molecule has 0 unspecified atom stereocenters. The Morgan fingerprint density at radius 2 is 1.05 bits per heavy atom. The second-order valence-corrected chi connectivity index (χ2v) is 4.01. The minimum atomic E-state index is 0.481. The van der Waals surface area contributed by atoms with Gasteiger partial charge in [0.2, 0.25) is 12.2 Å². The third-order valence-corrected chi connectivity index (χ3v) is 2.62. The molecule has 0 aromatic heterocycles. The van der Waals surface area contributed by atoms with Crippen LogP contribution in [0.2, 0.25) is 0 Å². The number of aliphatic imine (C=N–C) groups is 2. The molecule has 0 heterocycles. The molecule has 0 saturated heterocycles. The van der Waals surface area contributed by atoms with Crippen LogP contribution in [0.15, 0.2) is 58.5 Å². The molecule has 0 spiro atoms. The topological polar surface area (TPSA) is 58.9 Å². The number of carbonyl (C=O) groups excluding carboxylic acids is 2. The van der Waals surface area contributed by atoms with Crippen molar-refractivity contribution >= 4 is 23.5 Å². The lowest BCUT2D eigenvalue weighted by Gasteiger charge is -1.93. The number of isocyanates is 2. The van der Waals surface area contributed by atoms with Crippen molar-refractivity contribution < 1.29 is 9.59 Å². The van der Waals surface area contributed by atoms with Crippen molar-refractivity contribution in [2.24, 2.45) is 9.98 Å². The van der Waals surface area contributed by atoms with Gasteiger partial charge in [0.05, 0.1) is 11.4 Å². The summed E-state index contributed by atoms with van der Waals surface area (Å²) in [5, 5.41) is 0. The molecular formula is C16H14N2O2. The van der Waals surface area contributed by atoms with E-state index in [1.54, 1.807) is 24.3 Å². The van der Waals surface area contributed by atoms with E-state index in [9.17, 15) is 9.59 Å². The maximum Gasteiger partial charge on any atom is 0.240 e. The Bertz CT molecular complexity index is 592. The number of hydrogen-bond acceptors (Lipinski definition) is 4. The largest absolute Gasteiger partial charge is 0.240 e. The van der Waals surface area contributed by atoms with E-state index in [2.05, 4.69) is 48.1 Å². The molecule has 2 rings (SSSR count). The van der Waals surface area contributed by atoms with Crippen LogP contribution >= 0.6 is 0 Å². The highest BCUT2D eigenvalue weighted by molar-refractivity contribution is 5.55. The Labute approximate surface area is 117 Å². The first-order valence-corrected chi connectivity index (χ1v) is 5.95. The van der Waals surface area contributed by atoms with Gasteiger partial charge in [-0.2, -0.15) is 9.98 Å². The van der Waals surface area contributed by atoms with E-state index in [1.807, 2.05) is 0 Å². The van der Waals surface area contributed by atoms with Gasteiger partial charge in [0.25, 0.3) is 0 Å². The van der Waals surface area contributed by atoms with Crippen LogP contribution in [-0.4, -0.2) is 12.2 Å². The van der Waals surface area contributed by atoms with E-state index in [1.165, 1.54) is 23.3 Å². The third kappa shape index (κ3) is 5.23. The van der Waals surface area contributed by atoms with E-state index < -0.39 is 0 Å². The molecule has 0 bridgehead atoms. The highest BCUT2D eigenvalue weighted by Gasteiger charge is 1.89. The number of aryl methyl sites for hydroxylation is 2. The van der Waals surface area contributed by atoms with Crippen LogP contribution in [-0.2, 0) is 9.59 Å². The van der Waals surface area contributed by atoms with Gasteiger partial charge in [-0.15, -0.1) is 0 Å². The molecule has 0 aliphatic rings. The van der Waals surface area contributed by atoms with Crippen molar-refractivity contribution in [3.05, 3.63) is 59.7 Å². The standard InChI is InChI=1S/C8H4N2O2.C8H10/c11-5-9-7-1-2-8(4-3-7)10-6-12;1-7-5-3-4-6-8(7)2/h1-4H;3-6H,1-2H3. The molecule has 4 heteroatoms. The molecule has 20 heavy (non-hydrogen) atoms. The molecule has 0 saturated carbocycles. The van der Waals surface area contributed by atoms with Crippen molar-refractivity contribution in [3.8, 4) is 0 Å². The molecule has 0 aliphatic heterocycles. The summed E-state index contributed by atoms with van der Waals surface area (Å²) >= 11 is 0. The van der Waals surface area contributed by atoms with Crippen LogP contribution in [0.1, 0.15) is 11.1 Å². The van der Waals surface area contributed by atoms with Gasteiger partial charge in [0, 0.05) is 0 Å². The smallest absolute Gasteiger partial charge is 0.211 e. The lowest BCUT2D eigenvalue weighted by Crippen LogP contribution is -1.74. The van der Waals surface area contributed by atoms with Crippen LogP contribution in [0, 0.1) is 13.8 Å². The Kier molecular flexibility index (Phi) is 6.35. The van der Waals surface area contributed by atoms with Gasteiger partial charge in [0.1, 0.15) is 0 Å². The highest BCUT2D eigenvalue weighted by atomic mass is 16.1. The average Bonchev–Trinajstić information content (AvgIpc) is 2.46. The number of hydrogen-bond donors (Lipinski definition) is 0. The highest BCUT2D eigenvalue weighted by Crippen LogP contribution is 2.17. The van der Waals surface area contributed by atoms with Gasteiger partial charge in [0.15, 0.2) is 0 Å². The van der Waals surface area contributed by atoms with E-state index in [0.29, 0.717) is 11.4 Å². The number of nitrogens with zero attached hydrogens (tertiary/aromatic N) is 2. The summed E-state index contributed by atoms with van der Waals surface area (Å²) in [4.78, 5) is 26.3. The molecular weight excluding hydrogens is 252 g/mol. The fourth-order valence-electron chi connectivity index (χ4n) is 1.37. The Morgan fingerprint density at radius 3 is 1.30 bits per heavy atom. The van der Waals surface area contributed by atoms with Crippen LogP contribution in [0.5, 0.6) is 0 Å². The monoisotopic (exact) mass is 266 g/mol. The van der Waals surface area contributed by atoms with Crippen molar-refractivity contribution in [1.82, 2.24) is 0 Å². The molecule has 2 aromatic rings. The SMILES string of the molecule is Cc1ccccc1C.O=C=Nc1ccc(N=C=O)cc1. The Morgan fingerprint density at radius 1 is 0.700 bits per heavy atom. The predicted octanol–water partition coefficient (Wildman–Crippen LogP) is 3.92. The molecule has 0 aliphatic carbocycles. The van der Waals surface area contributed by atoms with E-state index in [4.69, 9.17) is 0 Å². The first kappa shape index (κ1) is 15.3. The van der Waals surface area contributed by atoms with Gasteiger partial charge >= 0.3 is 0 Å². The van der Waals surface area contributed by atoms with Crippen LogP contribution in [0.3, 0.4) is 0 Å². The van der Waals surface area contributed by atoms with E-state index in [0.717, 1.165) is 0 Å². The molecule has 0 N–H and O–H groups in total. The summed E-state index contributed by atoms with van der Waals surface area (Å²) in [7, 11) is 0. The fraction of sp³-hybridized carbons (Fsp3) is 0.125. The summed E-state index contributed by atoms with van der Waals surface area (Å²) in [6.45, 7) is 4.24. The van der Waals surface area contributed by atoms with Crippen LogP contribution < -0.4 is 0 Å². The van der Waals surface area contributed by atoms with Crippen LogP contribution in [0.25, 0.3) is 0 Å². The fourth-order valence-corrected chi connectivity index (χ4v) is 1.37. The lowest BCUT2D eigenvalue weighted by atomic mass is 10.1. The van der Waals surface area contributed by atoms with Gasteiger partial charge in [-0.25, -0.2) is 9.59 Å². The second kappa shape index (κ2) is 8.33. The van der Waals surface area contributed by atoms with Gasteiger partial charge in [-0.3, -0.25) is 0 Å². The summed E-state index contributed by atoms with van der Waals surface area (Å²) in [6, 6.07) is 14.6. The zero-order valence-electron chi connectivity index (χ0n) is 11.3. The minimum absolute atomic E-state index is 0.481. The van der Waals surface area contributed by atoms with E-state index in [-0.39, 0.29) is 0 Å². The molecule has 4 nitrogen and oxygen atoms in total. The normalized spacial score (nSPS) is 8.50. The van der Waals surface area contributed by atoms with Crippen molar-refractivity contribution in [3.63, 3.8) is 0 Å². The average molecular weight is 266 g/mol. The van der Waals surface area contributed by atoms with Crippen LogP contribution in [0.4, 0.5) is 11.4 Å². The van der Waals surface area contributed by atoms with E-state index >= 15 is 0 Å². The molecule has 2 aromatic carbocycles.